The molecule has 0 aromatic carbocycles. The van der Waals surface area contributed by atoms with Crippen LogP contribution >= 0.6 is 0 Å². The zero-order valence-corrected chi connectivity index (χ0v) is 7.55. The topological polar surface area (TPSA) is 0 Å². The maximum atomic E-state index is 3.91. The van der Waals surface area contributed by atoms with Crippen molar-refractivity contribution < 1.29 is 0 Å². The lowest BCUT2D eigenvalue weighted by molar-refractivity contribution is 1.00. The largest absolute Gasteiger partial charge is 0.103 e. The van der Waals surface area contributed by atoms with Gasteiger partial charge in [-0.15, -0.1) is 6.58 Å². The zero-order chi connectivity index (χ0) is 9.40. The summed E-state index contributed by atoms with van der Waals surface area (Å²) in [7, 11) is 0. The third-order valence-electron chi connectivity index (χ3n) is 1.54. The second-order valence-corrected chi connectivity index (χ2v) is 2.55. The molecule has 0 aliphatic carbocycles. The van der Waals surface area contributed by atoms with Crippen LogP contribution in [-0.4, -0.2) is 0 Å². The third-order valence-corrected chi connectivity index (χ3v) is 1.54. The molecule has 0 aliphatic heterocycles. The van der Waals surface area contributed by atoms with Crippen LogP contribution in [0.2, 0.25) is 0 Å². The molecule has 64 valence electrons. The van der Waals surface area contributed by atoms with Gasteiger partial charge in [0.2, 0.25) is 0 Å². The standard InChI is InChI=1S/C12H16/c1-5-7-9-11(3)12(4)10-8-6-2/h5-7,9H,1-4,8,10H2/b9-7-. The molecule has 0 N–H and O–H groups in total. The molecular formula is C12H16. The van der Waals surface area contributed by atoms with E-state index in [9.17, 15) is 0 Å². The summed E-state index contributed by atoms with van der Waals surface area (Å²) in [4.78, 5) is 0. The van der Waals surface area contributed by atoms with E-state index in [0.717, 1.165) is 24.0 Å². The highest BCUT2D eigenvalue weighted by Crippen LogP contribution is 2.13. The van der Waals surface area contributed by atoms with E-state index in [1.54, 1.807) is 6.08 Å². The van der Waals surface area contributed by atoms with Crippen molar-refractivity contribution in [3.8, 4) is 0 Å². The Hall–Kier alpha value is -1.30. The Morgan fingerprint density at radius 2 is 1.83 bits per heavy atom. The van der Waals surface area contributed by atoms with Crippen LogP contribution in [-0.2, 0) is 0 Å². The van der Waals surface area contributed by atoms with Crippen molar-refractivity contribution in [3.05, 3.63) is 61.8 Å². The first-order chi connectivity index (χ1) is 5.72. The lowest BCUT2D eigenvalue weighted by atomic mass is 10.0. The van der Waals surface area contributed by atoms with Crippen LogP contribution in [0.3, 0.4) is 0 Å². The molecule has 0 nitrogen and oxygen atoms in total. The van der Waals surface area contributed by atoms with Gasteiger partial charge in [0, 0.05) is 0 Å². The summed E-state index contributed by atoms with van der Waals surface area (Å²) in [5.74, 6) is 0. The second-order valence-electron chi connectivity index (χ2n) is 2.55. The first-order valence-electron chi connectivity index (χ1n) is 3.99. The van der Waals surface area contributed by atoms with Gasteiger partial charge in [-0.25, -0.2) is 0 Å². The van der Waals surface area contributed by atoms with E-state index >= 15 is 0 Å². The molecule has 0 radical (unpaired) electrons. The predicted octanol–water partition coefficient (Wildman–Crippen LogP) is 3.81. The van der Waals surface area contributed by atoms with E-state index in [1.165, 1.54) is 0 Å². The molecule has 0 aliphatic rings. The van der Waals surface area contributed by atoms with Crippen LogP contribution in [0.25, 0.3) is 0 Å². The third kappa shape index (κ3) is 4.51. The van der Waals surface area contributed by atoms with Gasteiger partial charge in [-0.2, -0.15) is 0 Å². The van der Waals surface area contributed by atoms with Gasteiger partial charge < -0.3 is 0 Å². The smallest absolute Gasteiger partial charge is 0.0244 e. The molecule has 0 bridgehead atoms. The fourth-order valence-electron chi connectivity index (χ4n) is 0.739. The van der Waals surface area contributed by atoms with E-state index in [0.29, 0.717) is 0 Å². The molecule has 0 aromatic heterocycles. The monoisotopic (exact) mass is 160 g/mol. The molecule has 0 saturated heterocycles. The average molecular weight is 160 g/mol. The number of hydrogen-bond donors (Lipinski definition) is 0. The fourth-order valence-corrected chi connectivity index (χ4v) is 0.739. The summed E-state index contributed by atoms with van der Waals surface area (Å²) in [6.07, 6.45) is 9.28. The molecule has 0 fully saturated rings. The molecule has 0 amide bonds. The van der Waals surface area contributed by atoms with Crippen molar-refractivity contribution in [3.63, 3.8) is 0 Å². The Labute approximate surface area is 75.3 Å². The van der Waals surface area contributed by atoms with E-state index in [2.05, 4.69) is 26.3 Å². The Morgan fingerprint density at radius 1 is 1.17 bits per heavy atom. The first-order valence-corrected chi connectivity index (χ1v) is 3.99. The summed E-state index contributed by atoms with van der Waals surface area (Å²) in [6.45, 7) is 15.0. The van der Waals surface area contributed by atoms with Crippen molar-refractivity contribution >= 4 is 0 Å². The van der Waals surface area contributed by atoms with Gasteiger partial charge in [0.15, 0.2) is 0 Å². The normalized spacial score (nSPS) is 9.67. The Morgan fingerprint density at radius 3 is 2.33 bits per heavy atom. The predicted molar refractivity (Wildman–Crippen MR) is 57.0 cm³/mol. The van der Waals surface area contributed by atoms with Crippen molar-refractivity contribution in [1.29, 1.82) is 0 Å². The Bertz CT molecular complexity index is 216. The van der Waals surface area contributed by atoms with E-state index < -0.39 is 0 Å². The highest BCUT2D eigenvalue weighted by molar-refractivity contribution is 5.36. The molecule has 0 saturated carbocycles. The molecule has 0 heterocycles. The molecular weight excluding hydrogens is 144 g/mol. The van der Waals surface area contributed by atoms with Crippen molar-refractivity contribution in [2.45, 2.75) is 12.8 Å². The van der Waals surface area contributed by atoms with Crippen molar-refractivity contribution in [1.82, 2.24) is 0 Å². The van der Waals surface area contributed by atoms with Crippen molar-refractivity contribution in [2.75, 3.05) is 0 Å². The minimum absolute atomic E-state index is 0.934. The molecule has 0 rings (SSSR count). The lowest BCUT2D eigenvalue weighted by Gasteiger charge is -2.01. The second kappa shape index (κ2) is 6.41. The lowest BCUT2D eigenvalue weighted by Crippen LogP contribution is -1.82. The number of allylic oxidation sites excluding steroid dienone is 6. The molecule has 0 atom stereocenters. The highest BCUT2D eigenvalue weighted by Gasteiger charge is 1.93. The maximum Gasteiger partial charge on any atom is -0.0244 e. The fraction of sp³-hybridized carbons (Fsp3) is 0.167. The van der Waals surface area contributed by atoms with E-state index in [4.69, 9.17) is 0 Å². The van der Waals surface area contributed by atoms with E-state index in [-0.39, 0.29) is 0 Å². The summed E-state index contributed by atoms with van der Waals surface area (Å²) in [6, 6.07) is 0. The Kier molecular flexibility index (Phi) is 5.72. The van der Waals surface area contributed by atoms with Gasteiger partial charge >= 0.3 is 0 Å². The van der Waals surface area contributed by atoms with Gasteiger partial charge in [0.1, 0.15) is 0 Å². The van der Waals surface area contributed by atoms with Gasteiger partial charge in [-0.05, 0) is 24.0 Å². The minimum Gasteiger partial charge on any atom is -0.103 e. The maximum absolute atomic E-state index is 3.91. The van der Waals surface area contributed by atoms with Crippen LogP contribution in [0.4, 0.5) is 0 Å². The molecule has 12 heavy (non-hydrogen) atoms. The molecule has 0 heteroatoms. The molecule has 0 aromatic rings. The molecule has 0 unspecified atom stereocenters. The van der Waals surface area contributed by atoms with Gasteiger partial charge in [-0.3, -0.25) is 0 Å². The summed E-state index contributed by atoms with van der Waals surface area (Å²) >= 11 is 0. The van der Waals surface area contributed by atoms with Gasteiger partial charge in [-0.1, -0.05) is 44.0 Å². The SMILES string of the molecule is C=C/C=C\C(=C)C(=C)CCC=C. The van der Waals surface area contributed by atoms with Crippen LogP contribution in [0.1, 0.15) is 12.8 Å². The summed E-state index contributed by atoms with van der Waals surface area (Å²) < 4.78 is 0. The summed E-state index contributed by atoms with van der Waals surface area (Å²) in [5.41, 5.74) is 2.03. The van der Waals surface area contributed by atoms with Gasteiger partial charge in [0.05, 0.1) is 0 Å². The minimum atomic E-state index is 0.934. The van der Waals surface area contributed by atoms with Crippen LogP contribution < -0.4 is 0 Å². The highest BCUT2D eigenvalue weighted by atomic mass is 14.0. The van der Waals surface area contributed by atoms with E-state index in [1.807, 2.05) is 18.2 Å². The quantitative estimate of drug-likeness (QED) is 0.409. The number of hydrogen-bond acceptors (Lipinski definition) is 0. The van der Waals surface area contributed by atoms with Crippen LogP contribution in [0.5, 0.6) is 0 Å². The van der Waals surface area contributed by atoms with Gasteiger partial charge in [0.25, 0.3) is 0 Å². The Balaban J connectivity index is 3.92. The first kappa shape index (κ1) is 10.7. The van der Waals surface area contributed by atoms with Crippen LogP contribution in [0, 0.1) is 0 Å². The number of rotatable bonds is 6. The summed E-state index contributed by atoms with van der Waals surface area (Å²) in [5, 5.41) is 0. The average Bonchev–Trinajstić information content (AvgIpc) is 2.10. The zero-order valence-electron chi connectivity index (χ0n) is 7.55. The van der Waals surface area contributed by atoms with Crippen LogP contribution in [0.15, 0.2) is 61.8 Å². The molecule has 0 spiro atoms. The van der Waals surface area contributed by atoms with Crippen molar-refractivity contribution in [2.24, 2.45) is 0 Å².